The summed E-state index contributed by atoms with van der Waals surface area (Å²) in [7, 11) is 0.170. The Bertz CT molecular complexity index is 1260. The Balaban J connectivity index is 1.29. The predicted octanol–water partition coefficient (Wildman–Crippen LogP) is 8.88. The van der Waals surface area contributed by atoms with Gasteiger partial charge >= 0.3 is 0 Å². The lowest BCUT2D eigenvalue weighted by molar-refractivity contribution is 0.0195. The third kappa shape index (κ3) is 5.09. The maximum atomic E-state index is 13.9. The van der Waals surface area contributed by atoms with Crippen LogP contribution in [0.2, 0.25) is 0 Å². The molecule has 8 aliphatic carbocycles. The van der Waals surface area contributed by atoms with Gasteiger partial charge in [0.2, 0.25) is 0 Å². The van der Waals surface area contributed by atoms with Crippen molar-refractivity contribution in [3.05, 3.63) is 59.7 Å². The second-order valence-corrected chi connectivity index (χ2v) is 21.9. The molecule has 43 heavy (non-hydrogen) atoms. The maximum Gasteiger partial charge on any atom is 0.118 e. The topological polar surface area (TPSA) is 38.3 Å². The Kier molecular flexibility index (Phi) is 7.24. The van der Waals surface area contributed by atoms with Gasteiger partial charge in [0, 0.05) is 0 Å². The molecular weight excluding hydrogens is 565 g/mol. The van der Waals surface area contributed by atoms with Gasteiger partial charge in [-0.3, -0.25) is 0 Å². The molecule has 10 rings (SSSR count). The summed E-state index contributed by atoms with van der Waals surface area (Å²) in [6, 6.07) is 18.0. The van der Waals surface area contributed by atoms with Crippen molar-refractivity contribution < 1.29 is 8.95 Å². The van der Waals surface area contributed by atoms with E-state index in [1.165, 1.54) is 88.2 Å². The first-order valence-electron chi connectivity index (χ1n) is 17.3. The van der Waals surface area contributed by atoms with E-state index >= 15 is 0 Å². The Morgan fingerprint density at radius 3 is 1.60 bits per heavy atom. The van der Waals surface area contributed by atoms with E-state index in [1.807, 2.05) is 0 Å². The van der Waals surface area contributed by atoms with Gasteiger partial charge in [-0.25, -0.2) is 8.93 Å². The van der Waals surface area contributed by atoms with Crippen LogP contribution >= 0.6 is 7.92 Å². The van der Waals surface area contributed by atoms with Gasteiger partial charge in [-0.05, 0) is 172 Å². The second kappa shape index (κ2) is 10.7. The summed E-state index contributed by atoms with van der Waals surface area (Å²) in [4.78, 5) is 0. The summed E-state index contributed by atoms with van der Waals surface area (Å²) in [6.45, 7) is 6.26. The average Bonchev–Trinajstić information content (AvgIpc) is 2.94. The highest BCUT2D eigenvalue weighted by atomic mass is 32.2. The maximum absolute atomic E-state index is 13.9. The van der Waals surface area contributed by atoms with Crippen LogP contribution in [0.4, 0.5) is 0 Å². The van der Waals surface area contributed by atoms with Crippen LogP contribution in [0.1, 0.15) is 115 Å². The SMILES string of the molecule is COc1ccc([C@H](NS(=O)C(C)(C)C)c2ccccc2P(C23CC4CC(CC(C4)C2)C3)C23CC4CC(CC(C4)C2)C3)cc1. The fourth-order valence-corrected chi connectivity index (χ4v) is 18.2. The molecule has 0 aromatic heterocycles. The zero-order chi connectivity index (χ0) is 29.6. The van der Waals surface area contributed by atoms with Crippen molar-refractivity contribution in [1.29, 1.82) is 0 Å². The summed E-state index contributed by atoms with van der Waals surface area (Å²) in [5, 5.41) is 2.67. The molecular formula is C38H52NO2PS. The molecule has 0 saturated heterocycles. The van der Waals surface area contributed by atoms with Gasteiger partial charge in [-0.15, -0.1) is 0 Å². The Morgan fingerprint density at radius 2 is 1.19 bits per heavy atom. The number of methoxy groups -OCH3 is 1. The first-order valence-corrected chi connectivity index (χ1v) is 19.8. The zero-order valence-electron chi connectivity index (χ0n) is 26.8. The molecule has 0 spiro atoms. The van der Waals surface area contributed by atoms with Crippen LogP contribution in [0.3, 0.4) is 0 Å². The fourth-order valence-electron chi connectivity index (χ4n) is 12.0. The number of hydrogen-bond donors (Lipinski definition) is 1. The van der Waals surface area contributed by atoms with E-state index in [9.17, 15) is 4.21 Å². The van der Waals surface area contributed by atoms with Gasteiger partial charge in [0.15, 0.2) is 0 Å². The molecule has 2 atom stereocenters. The number of hydrogen-bond acceptors (Lipinski definition) is 2. The third-order valence-corrected chi connectivity index (χ3v) is 18.1. The van der Waals surface area contributed by atoms with Crippen LogP contribution in [0.5, 0.6) is 5.75 Å². The molecule has 0 radical (unpaired) electrons. The fraction of sp³-hybridized carbons (Fsp3) is 0.684. The number of rotatable bonds is 8. The van der Waals surface area contributed by atoms with Crippen LogP contribution in [0.25, 0.3) is 0 Å². The minimum Gasteiger partial charge on any atom is -0.497 e. The van der Waals surface area contributed by atoms with E-state index in [0.717, 1.165) is 41.3 Å². The first kappa shape index (κ1) is 29.2. The number of ether oxygens (including phenoxy) is 1. The molecule has 2 aromatic rings. The monoisotopic (exact) mass is 617 g/mol. The molecule has 232 valence electrons. The molecule has 8 aliphatic rings. The van der Waals surface area contributed by atoms with E-state index in [4.69, 9.17) is 4.74 Å². The van der Waals surface area contributed by atoms with Gasteiger partial charge in [0.05, 0.1) is 28.9 Å². The van der Waals surface area contributed by atoms with Gasteiger partial charge in [0.1, 0.15) is 5.75 Å². The first-order chi connectivity index (χ1) is 20.6. The second-order valence-electron chi connectivity index (χ2n) is 16.9. The molecule has 8 fully saturated rings. The molecule has 8 saturated carbocycles. The Hall–Kier alpha value is -1.22. The molecule has 0 heterocycles. The van der Waals surface area contributed by atoms with Crippen molar-refractivity contribution in [2.24, 2.45) is 35.5 Å². The predicted molar refractivity (Wildman–Crippen MR) is 181 cm³/mol. The molecule has 0 amide bonds. The average molecular weight is 618 g/mol. The van der Waals surface area contributed by atoms with E-state index in [2.05, 4.69) is 74.0 Å². The summed E-state index contributed by atoms with van der Waals surface area (Å²) >= 11 is 0. The molecule has 0 aliphatic heterocycles. The normalized spacial score (nSPS) is 39.5. The van der Waals surface area contributed by atoms with Crippen molar-refractivity contribution in [3.63, 3.8) is 0 Å². The van der Waals surface area contributed by atoms with Crippen LogP contribution < -0.4 is 14.8 Å². The lowest BCUT2D eigenvalue weighted by Gasteiger charge is -2.67. The highest BCUT2D eigenvalue weighted by Gasteiger charge is 2.63. The van der Waals surface area contributed by atoms with E-state index < -0.39 is 11.0 Å². The van der Waals surface area contributed by atoms with Crippen LogP contribution in [0, 0.1) is 35.5 Å². The Morgan fingerprint density at radius 1 is 0.744 bits per heavy atom. The number of benzene rings is 2. The molecule has 2 aromatic carbocycles. The van der Waals surface area contributed by atoms with Gasteiger partial charge < -0.3 is 4.74 Å². The standard InChI is InChI=1S/C38H52NO2PS/c1-36(2,3)43(40)39-35(31-9-11-32(41-4)12-10-31)33-7-5-6-8-34(33)42(37-19-25-13-26(20-37)15-27(14-25)21-37)38-22-28-16-29(23-38)18-30(17-28)24-38/h5-12,25-30,35,39H,13-24H2,1-4H3/t25?,26?,27?,28?,29?,30?,35-,37?,38?,42?,43?/m0/s1. The lowest BCUT2D eigenvalue weighted by Crippen LogP contribution is -2.58. The zero-order valence-corrected chi connectivity index (χ0v) is 28.5. The quantitative estimate of drug-likeness (QED) is 0.301. The van der Waals surface area contributed by atoms with E-state index in [-0.39, 0.29) is 18.7 Å². The molecule has 3 nitrogen and oxygen atoms in total. The Labute approximate surface area is 264 Å². The summed E-state index contributed by atoms with van der Waals surface area (Å²) < 4.78 is 22.8. The van der Waals surface area contributed by atoms with E-state index in [1.54, 1.807) is 12.4 Å². The van der Waals surface area contributed by atoms with Crippen LogP contribution in [-0.2, 0) is 11.0 Å². The summed E-state index contributed by atoms with van der Waals surface area (Å²) in [5.41, 5.74) is 2.60. The van der Waals surface area contributed by atoms with Crippen LogP contribution in [0.15, 0.2) is 48.5 Å². The molecule has 1 N–H and O–H groups in total. The van der Waals surface area contributed by atoms with Crippen molar-refractivity contribution in [1.82, 2.24) is 4.72 Å². The van der Waals surface area contributed by atoms with Gasteiger partial charge in [0.25, 0.3) is 0 Å². The lowest BCUT2D eigenvalue weighted by atomic mass is 9.55. The molecule has 5 heteroatoms. The third-order valence-electron chi connectivity index (χ3n) is 12.7. The largest absolute Gasteiger partial charge is 0.497 e. The number of nitrogens with one attached hydrogen (secondary N) is 1. The highest BCUT2D eigenvalue weighted by molar-refractivity contribution is 7.84. The van der Waals surface area contributed by atoms with Crippen molar-refractivity contribution >= 4 is 24.2 Å². The van der Waals surface area contributed by atoms with Crippen molar-refractivity contribution in [3.8, 4) is 5.75 Å². The van der Waals surface area contributed by atoms with Crippen molar-refractivity contribution in [2.45, 2.75) is 119 Å². The summed E-state index contributed by atoms with van der Waals surface area (Å²) in [6.07, 6.45) is 17.9. The highest BCUT2D eigenvalue weighted by Crippen LogP contribution is 2.78. The summed E-state index contributed by atoms with van der Waals surface area (Å²) in [5.74, 6) is 6.63. The molecule has 8 bridgehead atoms. The van der Waals surface area contributed by atoms with Gasteiger partial charge in [-0.1, -0.05) is 44.3 Å². The van der Waals surface area contributed by atoms with Gasteiger partial charge in [-0.2, -0.15) is 0 Å². The van der Waals surface area contributed by atoms with E-state index in [0.29, 0.717) is 10.3 Å². The minimum absolute atomic E-state index is 0.102. The van der Waals surface area contributed by atoms with Crippen LogP contribution in [-0.4, -0.2) is 26.4 Å². The minimum atomic E-state index is -1.19. The van der Waals surface area contributed by atoms with Crippen molar-refractivity contribution in [2.75, 3.05) is 7.11 Å². The smallest absolute Gasteiger partial charge is 0.118 e. The molecule has 1 unspecified atom stereocenters.